The zero-order valence-corrected chi connectivity index (χ0v) is 9.53. The molecule has 2 aromatic rings. The third-order valence-electron chi connectivity index (χ3n) is 3.87. The molecule has 0 amide bonds. The quantitative estimate of drug-likeness (QED) is 0.810. The number of fused-ring (bicyclic) bond motifs is 1. The Kier molecular flexibility index (Phi) is 2.05. The van der Waals surface area contributed by atoms with Crippen LogP contribution >= 0.6 is 0 Å². The van der Waals surface area contributed by atoms with E-state index in [1.54, 1.807) is 0 Å². The number of benzene rings is 2. The Morgan fingerprint density at radius 3 is 2.69 bits per heavy atom. The van der Waals surface area contributed by atoms with E-state index >= 15 is 0 Å². The monoisotopic (exact) mass is 212 g/mol. The van der Waals surface area contributed by atoms with Gasteiger partial charge in [0.25, 0.3) is 0 Å². The molecule has 1 N–H and O–H groups in total. The van der Waals surface area contributed by atoms with Crippen LogP contribution in [-0.2, 0) is 5.41 Å². The van der Waals surface area contributed by atoms with Crippen molar-refractivity contribution in [1.29, 1.82) is 0 Å². The van der Waals surface area contributed by atoms with Crippen molar-refractivity contribution in [2.75, 3.05) is 6.61 Å². The second-order valence-electron chi connectivity index (χ2n) is 4.95. The molecule has 82 valence electrons. The lowest BCUT2D eigenvalue weighted by atomic mass is 9.93. The first-order valence-electron chi connectivity index (χ1n) is 5.86. The molecule has 16 heavy (non-hydrogen) atoms. The third kappa shape index (κ3) is 1.35. The highest BCUT2D eigenvalue weighted by atomic mass is 16.3. The largest absolute Gasteiger partial charge is 0.395 e. The van der Waals surface area contributed by atoms with Gasteiger partial charge >= 0.3 is 0 Å². The van der Waals surface area contributed by atoms with Crippen LogP contribution in [0.25, 0.3) is 10.8 Å². The van der Waals surface area contributed by atoms with Gasteiger partial charge in [-0.25, -0.2) is 0 Å². The van der Waals surface area contributed by atoms with Crippen LogP contribution in [0.15, 0.2) is 36.4 Å². The summed E-state index contributed by atoms with van der Waals surface area (Å²) in [6, 6.07) is 13.0. The highest BCUT2D eigenvalue weighted by Gasteiger charge is 2.43. The van der Waals surface area contributed by atoms with Gasteiger partial charge in [0.15, 0.2) is 0 Å². The summed E-state index contributed by atoms with van der Waals surface area (Å²) in [5, 5.41) is 12.1. The Morgan fingerprint density at radius 1 is 1.19 bits per heavy atom. The summed E-state index contributed by atoms with van der Waals surface area (Å²) in [5.74, 6) is 0. The van der Waals surface area contributed by atoms with Gasteiger partial charge in [-0.1, -0.05) is 36.4 Å². The fourth-order valence-corrected chi connectivity index (χ4v) is 2.45. The summed E-state index contributed by atoms with van der Waals surface area (Å²) in [6.45, 7) is 2.43. The Morgan fingerprint density at radius 2 is 2.00 bits per heavy atom. The van der Waals surface area contributed by atoms with Crippen molar-refractivity contribution < 1.29 is 5.11 Å². The van der Waals surface area contributed by atoms with E-state index in [2.05, 4.69) is 43.3 Å². The summed E-state index contributed by atoms with van der Waals surface area (Å²) >= 11 is 0. The van der Waals surface area contributed by atoms with Crippen LogP contribution < -0.4 is 0 Å². The van der Waals surface area contributed by atoms with E-state index in [1.165, 1.54) is 21.9 Å². The molecule has 2 aromatic carbocycles. The molecule has 0 spiro atoms. The lowest BCUT2D eigenvalue weighted by Gasteiger charge is -2.13. The molecule has 0 heterocycles. The van der Waals surface area contributed by atoms with Crippen LogP contribution in [0.1, 0.15) is 24.0 Å². The van der Waals surface area contributed by atoms with Crippen molar-refractivity contribution in [3.63, 3.8) is 0 Å². The van der Waals surface area contributed by atoms with Gasteiger partial charge in [-0.15, -0.1) is 0 Å². The average Bonchev–Trinajstić information content (AvgIpc) is 3.10. The van der Waals surface area contributed by atoms with E-state index in [4.69, 9.17) is 0 Å². The standard InChI is InChI=1S/C15H16O/c1-11-3-2-4-12-5-6-13(9-14(11)12)15(10-16)7-8-15/h2-6,9,16H,7-8,10H2,1H3. The minimum absolute atomic E-state index is 0.0798. The van der Waals surface area contributed by atoms with Gasteiger partial charge in [-0.3, -0.25) is 0 Å². The van der Waals surface area contributed by atoms with E-state index in [1.807, 2.05) is 0 Å². The van der Waals surface area contributed by atoms with Crippen LogP contribution in [-0.4, -0.2) is 11.7 Å². The van der Waals surface area contributed by atoms with Crippen LogP contribution in [0, 0.1) is 6.92 Å². The summed E-state index contributed by atoms with van der Waals surface area (Å²) in [5.41, 5.74) is 2.70. The number of aliphatic hydroxyl groups is 1. The van der Waals surface area contributed by atoms with Gasteiger partial charge in [0.1, 0.15) is 0 Å². The van der Waals surface area contributed by atoms with E-state index < -0.39 is 0 Å². The molecule has 0 aliphatic heterocycles. The SMILES string of the molecule is Cc1cccc2ccc(C3(CO)CC3)cc12. The number of aliphatic hydroxyl groups excluding tert-OH is 1. The second kappa shape index (κ2) is 3.33. The lowest BCUT2D eigenvalue weighted by molar-refractivity contribution is 0.255. The van der Waals surface area contributed by atoms with Gasteiger partial charge < -0.3 is 5.11 Å². The normalized spacial score (nSPS) is 17.6. The van der Waals surface area contributed by atoms with Gasteiger partial charge in [0.05, 0.1) is 6.61 Å². The summed E-state index contributed by atoms with van der Waals surface area (Å²) in [6.07, 6.45) is 2.25. The summed E-state index contributed by atoms with van der Waals surface area (Å²) in [4.78, 5) is 0. The molecule has 3 rings (SSSR count). The maximum Gasteiger partial charge on any atom is 0.0527 e. The van der Waals surface area contributed by atoms with Crippen molar-refractivity contribution in [1.82, 2.24) is 0 Å². The number of hydrogen-bond donors (Lipinski definition) is 1. The predicted molar refractivity (Wildman–Crippen MR) is 66.7 cm³/mol. The van der Waals surface area contributed by atoms with Crippen LogP contribution in [0.5, 0.6) is 0 Å². The minimum atomic E-state index is 0.0798. The average molecular weight is 212 g/mol. The Bertz CT molecular complexity index is 538. The molecule has 1 saturated carbocycles. The molecule has 1 nitrogen and oxygen atoms in total. The Balaban J connectivity index is 2.19. The molecule has 0 atom stereocenters. The Labute approximate surface area is 95.7 Å². The van der Waals surface area contributed by atoms with Crippen molar-refractivity contribution >= 4 is 10.8 Å². The molecule has 0 bridgehead atoms. The fraction of sp³-hybridized carbons (Fsp3) is 0.333. The third-order valence-corrected chi connectivity index (χ3v) is 3.87. The zero-order valence-electron chi connectivity index (χ0n) is 9.53. The molecule has 0 unspecified atom stereocenters. The van der Waals surface area contributed by atoms with Crippen LogP contribution in [0.3, 0.4) is 0 Å². The smallest absolute Gasteiger partial charge is 0.0527 e. The van der Waals surface area contributed by atoms with Gasteiger partial charge in [0.2, 0.25) is 0 Å². The predicted octanol–water partition coefficient (Wildman–Crippen LogP) is 3.17. The molecule has 0 radical (unpaired) electrons. The van der Waals surface area contributed by atoms with Gasteiger partial charge in [-0.05, 0) is 41.7 Å². The lowest BCUT2D eigenvalue weighted by Crippen LogP contribution is -2.11. The first kappa shape index (κ1) is 9.86. The molecule has 1 aliphatic carbocycles. The first-order chi connectivity index (χ1) is 7.75. The maximum atomic E-state index is 9.45. The van der Waals surface area contributed by atoms with Crippen LogP contribution in [0.4, 0.5) is 0 Å². The highest BCUT2D eigenvalue weighted by Crippen LogP contribution is 2.48. The van der Waals surface area contributed by atoms with E-state index in [-0.39, 0.29) is 12.0 Å². The maximum absolute atomic E-state index is 9.45. The van der Waals surface area contributed by atoms with E-state index in [0.29, 0.717) is 0 Å². The van der Waals surface area contributed by atoms with Crippen molar-refractivity contribution in [2.45, 2.75) is 25.2 Å². The number of rotatable bonds is 2. The summed E-state index contributed by atoms with van der Waals surface area (Å²) < 4.78 is 0. The number of aryl methyl sites for hydroxylation is 1. The van der Waals surface area contributed by atoms with Crippen molar-refractivity contribution in [3.8, 4) is 0 Å². The molecular formula is C15H16O. The zero-order chi connectivity index (χ0) is 11.2. The van der Waals surface area contributed by atoms with Gasteiger partial charge in [-0.2, -0.15) is 0 Å². The molecule has 1 fully saturated rings. The topological polar surface area (TPSA) is 20.2 Å². The van der Waals surface area contributed by atoms with Crippen molar-refractivity contribution in [3.05, 3.63) is 47.5 Å². The molecular weight excluding hydrogens is 196 g/mol. The molecule has 1 heteroatoms. The Hall–Kier alpha value is -1.34. The molecule has 0 aromatic heterocycles. The highest BCUT2D eigenvalue weighted by molar-refractivity contribution is 5.86. The van der Waals surface area contributed by atoms with Crippen molar-refractivity contribution in [2.24, 2.45) is 0 Å². The van der Waals surface area contributed by atoms with Gasteiger partial charge in [0, 0.05) is 5.41 Å². The van der Waals surface area contributed by atoms with Crippen LogP contribution in [0.2, 0.25) is 0 Å². The molecule has 0 saturated heterocycles. The summed E-state index contributed by atoms with van der Waals surface area (Å²) in [7, 11) is 0. The fourth-order valence-electron chi connectivity index (χ4n) is 2.45. The van der Waals surface area contributed by atoms with E-state index in [9.17, 15) is 5.11 Å². The first-order valence-corrected chi connectivity index (χ1v) is 5.86. The number of hydrogen-bond acceptors (Lipinski definition) is 1. The minimum Gasteiger partial charge on any atom is -0.395 e. The molecule has 1 aliphatic rings. The second-order valence-corrected chi connectivity index (χ2v) is 4.95. The van der Waals surface area contributed by atoms with E-state index in [0.717, 1.165) is 12.8 Å².